The van der Waals surface area contributed by atoms with Crippen LogP contribution in [0.4, 0.5) is 0 Å². The maximum Gasteiger partial charge on any atom is 0.309 e. The molecule has 6 saturated carbocycles. The number of aliphatic hydroxyl groups is 2. The summed E-state index contributed by atoms with van der Waals surface area (Å²) in [6.07, 6.45) is 12.6. The fraction of sp³-hybridized carbons (Fsp3) is 0.913. The molecule has 10 nitrogen and oxygen atoms in total. The van der Waals surface area contributed by atoms with Crippen molar-refractivity contribution in [3.63, 3.8) is 0 Å². The Hall–Kier alpha value is -2.20. The van der Waals surface area contributed by atoms with Crippen molar-refractivity contribution in [1.82, 2.24) is 9.80 Å². The zero-order valence-electron chi connectivity index (χ0n) is 36.2. The van der Waals surface area contributed by atoms with Crippen LogP contribution in [0.5, 0.6) is 0 Å². The molecule has 6 aliphatic carbocycles. The van der Waals surface area contributed by atoms with E-state index in [0.29, 0.717) is 67.1 Å². The minimum atomic E-state index is -1.21. The van der Waals surface area contributed by atoms with Gasteiger partial charge in [-0.25, -0.2) is 0 Å². The Morgan fingerprint density at radius 1 is 0.679 bits per heavy atom. The van der Waals surface area contributed by atoms with Gasteiger partial charge >= 0.3 is 11.9 Å². The van der Waals surface area contributed by atoms with Crippen LogP contribution in [-0.2, 0) is 23.9 Å². The van der Waals surface area contributed by atoms with E-state index < -0.39 is 36.0 Å². The van der Waals surface area contributed by atoms with Gasteiger partial charge < -0.3 is 29.9 Å². The second kappa shape index (κ2) is 13.7. The van der Waals surface area contributed by atoms with Gasteiger partial charge in [-0.3, -0.25) is 19.2 Å². The summed E-state index contributed by atoms with van der Waals surface area (Å²) in [4.78, 5) is 57.2. The molecule has 0 aromatic carbocycles. The number of esters is 1. The lowest BCUT2D eigenvalue weighted by Gasteiger charge is -2.73. The molecule has 1 saturated heterocycles. The number of aliphatic hydroxyl groups excluding tert-OH is 2. The van der Waals surface area contributed by atoms with Crippen molar-refractivity contribution in [3.8, 4) is 0 Å². The molecule has 10 atom stereocenters. The van der Waals surface area contributed by atoms with E-state index in [4.69, 9.17) is 4.74 Å². The van der Waals surface area contributed by atoms with E-state index in [-0.39, 0.29) is 45.5 Å². The smallest absolute Gasteiger partial charge is 0.309 e. The summed E-state index contributed by atoms with van der Waals surface area (Å²) in [5.41, 5.74) is -2.34. The lowest BCUT2D eigenvalue weighted by Crippen LogP contribution is -2.68. The van der Waals surface area contributed by atoms with Gasteiger partial charge in [-0.1, -0.05) is 41.5 Å². The summed E-state index contributed by atoms with van der Waals surface area (Å²) < 4.78 is 6.20. The monoisotopic (exact) mass is 783 g/mol. The highest BCUT2D eigenvalue weighted by Crippen LogP contribution is 2.79. The van der Waals surface area contributed by atoms with Gasteiger partial charge in [0.15, 0.2) is 0 Å². The van der Waals surface area contributed by atoms with Crippen LogP contribution < -0.4 is 0 Å². The third-order valence-corrected chi connectivity index (χ3v) is 19.2. The van der Waals surface area contributed by atoms with Crippen LogP contribution in [0, 0.1) is 72.9 Å². The highest BCUT2D eigenvalue weighted by atomic mass is 16.5. The van der Waals surface area contributed by atoms with Crippen LogP contribution in [0.2, 0.25) is 0 Å². The van der Waals surface area contributed by atoms with Crippen LogP contribution >= 0.6 is 0 Å². The molecule has 2 amide bonds. The van der Waals surface area contributed by atoms with E-state index in [1.54, 1.807) is 25.7 Å². The molecule has 0 aromatic rings. The Balaban J connectivity index is 1.12. The molecule has 0 aromatic heterocycles. The second-order valence-electron chi connectivity index (χ2n) is 22.8. The number of amides is 2. The van der Waals surface area contributed by atoms with Crippen molar-refractivity contribution >= 4 is 23.8 Å². The van der Waals surface area contributed by atoms with E-state index in [2.05, 4.69) is 46.4 Å². The van der Waals surface area contributed by atoms with Crippen molar-refractivity contribution in [2.45, 2.75) is 152 Å². The molecule has 10 unspecified atom stereocenters. The van der Waals surface area contributed by atoms with Crippen molar-refractivity contribution in [1.29, 1.82) is 0 Å². The summed E-state index contributed by atoms with van der Waals surface area (Å²) in [5.74, 6) is 0.988. The van der Waals surface area contributed by atoms with Gasteiger partial charge in [-0.2, -0.15) is 0 Å². The maximum absolute atomic E-state index is 15.2. The van der Waals surface area contributed by atoms with E-state index in [9.17, 15) is 29.7 Å². The number of carboxylic acid groups (broad SMARTS) is 1. The van der Waals surface area contributed by atoms with Gasteiger partial charge in [0.25, 0.3) is 0 Å². The normalized spacial score (nSPS) is 41.4. The number of piperazine rings is 1. The topological polar surface area (TPSA) is 145 Å². The van der Waals surface area contributed by atoms with Crippen molar-refractivity contribution in [2.75, 3.05) is 39.4 Å². The molecule has 1 heterocycles. The minimum Gasteiger partial charge on any atom is -0.481 e. The molecule has 0 spiro atoms. The van der Waals surface area contributed by atoms with Crippen molar-refractivity contribution in [3.05, 3.63) is 0 Å². The third kappa shape index (κ3) is 6.04. The molecule has 0 radical (unpaired) electrons. The first kappa shape index (κ1) is 41.9. The lowest BCUT2D eigenvalue weighted by atomic mass is 9.32. The first-order chi connectivity index (χ1) is 26.0. The molecule has 7 aliphatic rings. The van der Waals surface area contributed by atoms with Crippen LogP contribution in [0.1, 0.15) is 146 Å². The van der Waals surface area contributed by atoms with Gasteiger partial charge in [0.1, 0.15) is 6.10 Å². The molecule has 7 fully saturated rings. The maximum atomic E-state index is 15.2. The number of hydrogen-bond acceptors (Lipinski definition) is 7. The average Bonchev–Trinajstić information content (AvgIpc) is 3.76. The number of aliphatic carboxylic acids is 1. The Bertz CT molecular complexity index is 1590. The van der Waals surface area contributed by atoms with Gasteiger partial charge in [-0.15, -0.1) is 0 Å². The van der Waals surface area contributed by atoms with Crippen molar-refractivity contribution < 1.29 is 39.2 Å². The number of carboxylic acids is 1. The first-order valence-corrected chi connectivity index (χ1v) is 22.2. The molecule has 10 heteroatoms. The predicted molar refractivity (Wildman–Crippen MR) is 213 cm³/mol. The van der Waals surface area contributed by atoms with Gasteiger partial charge in [0, 0.05) is 31.6 Å². The molecule has 1 aliphatic heterocycles. The number of hydrogen-bond donors (Lipinski definition) is 3. The van der Waals surface area contributed by atoms with Gasteiger partial charge in [0.05, 0.1) is 35.9 Å². The molecule has 56 heavy (non-hydrogen) atoms. The highest BCUT2D eigenvalue weighted by molar-refractivity contribution is 5.86. The van der Waals surface area contributed by atoms with E-state index in [0.717, 1.165) is 64.2 Å². The lowest BCUT2D eigenvalue weighted by molar-refractivity contribution is -0.251. The molecule has 3 N–H and O–H groups in total. The quantitative estimate of drug-likeness (QED) is 0.214. The van der Waals surface area contributed by atoms with Crippen LogP contribution in [-0.4, -0.2) is 94.4 Å². The van der Waals surface area contributed by atoms with E-state index in [1.165, 1.54) is 12.8 Å². The molecule has 0 bridgehead atoms. The number of nitrogens with zero attached hydrogens (tertiary/aromatic N) is 2. The van der Waals surface area contributed by atoms with Crippen LogP contribution in [0.25, 0.3) is 0 Å². The summed E-state index contributed by atoms with van der Waals surface area (Å²) in [7, 11) is 0. The summed E-state index contributed by atoms with van der Waals surface area (Å²) >= 11 is 0. The highest BCUT2D eigenvalue weighted by Gasteiger charge is 2.74. The van der Waals surface area contributed by atoms with E-state index >= 15 is 4.79 Å². The Morgan fingerprint density at radius 3 is 1.89 bits per heavy atom. The van der Waals surface area contributed by atoms with E-state index in [1.807, 2.05) is 0 Å². The Kier molecular flexibility index (Phi) is 10.2. The Labute approximate surface area is 336 Å². The fourth-order valence-corrected chi connectivity index (χ4v) is 15.1. The van der Waals surface area contributed by atoms with Crippen molar-refractivity contribution in [2.24, 2.45) is 72.9 Å². The second-order valence-corrected chi connectivity index (χ2v) is 22.8. The third-order valence-electron chi connectivity index (χ3n) is 19.2. The molecule has 316 valence electrons. The number of fused-ring (bicyclic) bond motifs is 7. The molecule has 7 rings (SSSR count). The minimum absolute atomic E-state index is 0.0921. The largest absolute Gasteiger partial charge is 0.481 e. The SMILES string of the molecule is CC(C)(CC(=O)OC1CCC2(C)C(CCC3(C)C2CCC2C4C(C5(C)CC5)CCC4(C(=O)N4CCN(C(=O)C(C)(CO)CO)CC4)CCC23C)C1(C)C)C(=O)O. The van der Waals surface area contributed by atoms with Gasteiger partial charge in [0.2, 0.25) is 11.8 Å². The number of carbonyl (C=O) groups is 4. The summed E-state index contributed by atoms with van der Waals surface area (Å²) in [5, 5.41) is 29.4. The zero-order chi connectivity index (χ0) is 41.1. The molecular formula is C46H74N2O8. The summed E-state index contributed by atoms with van der Waals surface area (Å²) in [6, 6.07) is 0. The van der Waals surface area contributed by atoms with Crippen LogP contribution in [0.3, 0.4) is 0 Å². The number of carbonyl (C=O) groups excluding carboxylic acids is 3. The first-order valence-electron chi connectivity index (χ1n) is 22.2. The van der Waals surface area contributed by atoms with Gasteiger partial charge in [-0.05, 0) is 149 Å². The standard InChI is InChI=1S/C46H74N2O8/c1-39(2,38(54)55)26-34(51)56-33-14-15-43(7)31(40(33,3)4)13-16-45(9)32(43)11-10-30-35-29(41(5)18-19-41)12-17-46(35,21-20-44(30,45)8)37(53)48-24-22-47(23-25-48)36(52)42(6,27-49)28-50/h29-33,35,49-50H,10-28H2,1-9H3,(H,54,55). The fourth-order valence-electron chi connectivity index (χ4n) is 15.1. The Morgan fingerprint density at radius 2 is 1.30 bits per heavy atom. The predicted octanol–water partition coefficient (Wildman–Crippen LogP) is 6.94. The average molecular weight is 783 g/mol. The summed E-state index contributed by atoms with van der Waals surface area (Å²) in [6.45, 7) is 20.7. The molecular weight excluding hydrogens is 709 g/mol. The van der Waals surface area contributed by atoms with Crippen LogP contribution in [0.15, 0.2) is 0 Å². The number of rotatable bonds is 9. The zero-order valence-corrected chi connectivity index (χ0v) is 36.2. The number of ether oxygens (including phenoxy) is 1.